The Kier molecular flexibility index (Phi) is 3.76. The van der Waals surface area contributed by atoms with E-state index in [2.05, 4.69) is 69.0 Å². The van der Waals surface area contributed by atoms with Gasteiger partial charge in [0.05, 0.1) is 0 Å². The van der Waals surface area contributed by atoms with Gasteiger partial charge >= 0.3 is 0 Å². The summed E-state index contributed by atoms with van der Waals surface area (Å²) < 4.78 is 1.34. The average molecular weight is 290 g/mol. The van der Waals surface area contributed by atoms with Crippen LogP contribution in [0.15, 0.2) is 61.2 Å². The van der Waals surface area contributed by atoms with Crippen molar-refractivity contribution in [3.8, 4) is 11.1 Å². The van der Waals surface area contributed by atoms with Crippen molar-refractivity contribution in [3.63, 3.8) is 0 Å². The quantitative estimate of drug-likeness (QED) is 0.491. The van der Waals surface area contributed by atoms with E-state index in [4.69, 9.17) is 0 Å². The molecule has 0 amide bonds. The first-order valence-corrected chi connectivity index (χ1v) is 7.90. The third-order valence-corrected chi connectivity index (χ3v) is 4.98. The Balaban J connectivity index is 2.11. The van der Waals surface area contributed by atoms with Crippen molar-refractivity contribution in [1.29, 1.82) is 0 Å². The van der Waals surface area contributed by atoms with Gasteiger partial charge in [-0.2, -0.15) is 0 Å². The van der Waals surface area contributed by atoms with E-state index in [0.717, 1.165) is 0 Å². The fourth-order valence-corrected chi connectivity index (χ4v) is 3.58. The molecule has 1 aromatic heterocycles. The van der Waals surface area contributed by atoms with E-state index < -0.39 is 0 Å². The number of hydrogen-bond donors (Lipinski definition) is 0. The predicted octanol–water partition coefficient (Wildman–Crippen LogP) is 6.38. The fourth-order valence-electron chi connectivity index (χ4n) is 2.48. The summed E-state index contributed by atoms with van der Waals surface area (Å²) in [7, 11) is 0. The molecule has 0 bridgehead atoms. The third kappa shape index (κ3) is 2.70. The second-order valence-electron chi connectivity index (χ2n) is 5.26. The summed E-state index contributed by atoms with van der Waals surface area (Å²) in [5.74, 6) is 0. The van der Waals surface area contributed by atoms with Gasteiger partial charge in [-0.1, -0.05) is 54.6 Å². The van der Waals surface area contributed by atoms with Crippen molar-refractivity contribution in [2.45, 2.75) is 13.8 Å². The van der Waals surface area contributed by atoms with Crippen molar-refractivity contribution in [2.75, 3.05) is 0 Å². The molecule has 0 spiro atoms. The Morgan fingerprint density at radius 2 is 1.67 bits per heavy atom. The van der Waals surface area contributed by atoms with Crippen molar-refractivity contribution in [2.24, 2.45) is 0 Å². The first kappa shape index (κ1) is 13.8. The van der Waals surface area contributed by atoms with Crippen LogP contribution in [0, 0.1) is 13.8 Å². The number of aryl methyl sites for hydroxylation is 2. The molecule has 0 unspecified atom stereocenters. The monoisotopic (exact) mass is 290 g/mol. The SMILES string of the molecule is C=C/C=C\c1sc2ccc(-c3ccc(C)cc3)cc2c1C. The van der Waals surface area contributed by atoms with Crippen LogP contribution in [0.4, 0.5) is 0 Å². The molecule has 0 aliphatic rings. The smallest absolute Gasteiger partial charge is 0.0352 e. The van der Waals surface area contributed by atoms with Gasteiger partial charge in [0, 0.05) is 9.58 Å². The maximum absolute atomic E-state index is 3.74. The minimum absolute atomic E-state index is 1.27. The van der Waals surface area contributed by atoms with Crippen LogP contribution in [-0.4, -0.2) is 0 Å². The first-order chi connectivity index (χ1) is 10.2. The summed E-state index contributed by atoms with van der Waals surface area (Å²) >= 11 is 1.84. The van der Waals surface area contributed by atoms with Crippen LogP contribution in [0.2, 0.25) is 0 Å². The number of fused-ring (bicyclic) bond motifs is 1. The van der Waals surface area contributed by atoms with Crippen molar-refractivity contribution in [3.05, 3.63) is 77.2 Å². The predicted molar refractivity (Wildman–Crippen MR) is 96.0 cm³/mol. The van der Waals surface area contributed by atoms with E-state index in [1.165, 1.54) is 37.2 Å². The summed E-state index contributed by atoms with van der Waals surface area (Å²) in [6.07, 6.45) is 5.96. The lowest BCUT2D eigenvalue weighted by atomic mass is 10.0. The van der Waals surface area contributed by atoms with E-state index in [0.29, 0.717) is 0 Å². The van der Waals surface area contributed by atoms with Gasteiger partial charge in [-0.05, 0) is 54.1 Å². The Morgan fingerprint density at radius 1 is 0.952 bits per heavy atom. The van der Waals surface area contributed by atoms with Crippen LogP contribution in [0.3, 0.4) is 0 Å². The van der Waals surface area contributed by atoms with E-state index in [1.807, 2.05) is 23.5 Å². The van der Waals surface area contributed by atoms with Gasteiger partial charge in [-0.25, -0.2) is 0 Å². The Labute approximate surface area is 130 Å². The lowest BCUT2D eigenvalue weighted by Crippen LogP contribution is -1.79. The van der Waals surface area contributed by atoms with Crippen molar-refractivity contribution < 1.29 is 0 Å². The molecule has 0 atom stereocenters. The normalized spacial score (nSPS) is 11.3. The Bertz CT molecular complexity index is 817. The standard InChI is InChI=1S/C20H18S/c1-4-5-6-19-15(3)18-13-17(11-12-20(18)21-19)16-9-7-14(2)8-10-16/h4-13H,1H2,2-3H3/b6-5-. The van der Waals surface area contributed by atoms with Gasteiger partial charge in [0.15, 0.2) is 0 Å². The number of rotatable bonds is 3. The van der Waals surface area contributed by atoms with Crippen LogP contribution < -0.4 is 0 Å². The van der Waals surface area contributed by atoms with Crippen molar-refractivity contribution in [1.82, 2.24) is 0 Å². The molecule has 0 nitrogen and oxygen atoms in total. The zero-order valence-electron chi connectivity index (χ0n) is 12.4. The molecular weight excluding hydrogens is 272 g/mol. The minimum atomic E-state index is 1.27. The maximum atomic E-state index is 3.74. The molecule has 0 aliphatic carbocycles. The van der Waals surface area contributed by atoms with Gasteiger partial charge < -0.3 is 0 Å². The number of allylic oxidation sites excluding steroid dienone is 2. The van der Waals surface area contributed by atoms with Gasteiger partial charge in [0.1, 0.15) is 0 Å². The lowest BCUT2D eigenvalue weighted by molar-refractivity contribution is 1.47. The second kappa shape index (κ2) is 5.71. The van der Waals surface area contributed by atoms with Gasteiger partial charge in [-0.15, -0.1) is 11.3 Å². The van der Waals surface area contributed by atoms with Crippen molar-refractivity contribution >= 4 is 27.5 Å². The number of hydrogen-bond acceptors (Lipinski definition) is 1. The first-order valence-electron chi connectivity index (χ1n) is 7.08. The number of thiophene rings is 1. The van der Waals surface area contributed by atoms with E-state index in [1.54, 1.807) is 0 Å². The molecule has 0 saturated carbocycles. The van der Waals surface area contributed by atoms with Gasteiger partial charge in [0.2, 0.25) is 0 Å². The molecule has 21 heavy (non-hydrogen) atoms. The summed E-state index contributed by atoms with van der Waals surface area (Å²) in [6, 6.07) is 15.5. The Morgan fingerprint density at radius 3 is 2.38 bits per heavy atom. The zero-order chi connectivity index (χ0) is 14.8. The maximum Gasteiger partial charge on any atom is 0.0352 e. The highest BCUT2D eigenvalue weighted by atomic mass is 32.1. The summed E-state index contributed by atoms with van der Waals surface area (Å²) in [5.41, 5.74) is 5.20. The van der Waals surface area contributed by atoms with Crippen LogP contribution in [0.1, 0.15) is 16.0 Å². The largest absolute Gasteiger partial charge is 0.136 e. The van der Waals surface area contributed by atoms with Crippen LogP contribution >= 0.6 is 11.3 Å². The summed E-state index contributed by atoms with van der Waals surface area (Å²) in [5, 5.41) is 1.35. The van der Waals surface area contributed by atoms with E-state index in [9.17, 15) is 0 Å². The molecule has 0 fully saturated rings. The molecule has 1 heterocycles. The summed E-state index contributed by atoms with van der Waals surface area (Å²) in [6.45, 7) is 8.05. The van der Waals surface area contributed by atoms with Crippen LogP contribution in [-0.2, 0) is 0 Å². The average Bonchev–Trinajstić information content (AvgIpc) is 2.82. The van der Waals surface area contributed by atoms with Gasteiger partial charge in [0.25, 0.3) is 0 Å². The highest BCUT2D eigenvalue weighted by Crippen LogP contribution is 2.34. The van der Waals surface area contributed by atoms with Crippen LogP contribution in [0.5, 0.6) is 0 Å². The number of benzene rings is 2. The van der Waals surface area contributed by atoms with E-state index in [-0.39, 0.29) is 0 Å². The molecule has 0 radical (unpaired) electrons. The third-order valence-electron chi connectivity index (χ3n) is 3.74. The molecule has 0 N–H and O–H groups in total. The molecule has 104 valence electrons. The molecule has 1 heteroatoms. The van der Waals surface area contributed by atoms with Crippen LogP contribution in [0.25, 0.3) is 27.3 Å². The Hall–Kier alpha value is -2.12. The molecule has 3 aromatic rings. The lowest BCUT2D eigenvalue weighted by Gasteiger charge is -2.03. The topological polar surface area (TPSA) is 0 Å². The highest BCUT2D eigenvalue weighted by Gasteiger charge is 2.07. The molecule has 0 saturated heterocycles. The molecule has 3 rings (SSSR count). The van der Waals surface area contributed by atoms with Gasteiger partial charge in [-0.3, -0.25) is 0 Å². The minimum Gasteiger partial charge on any atom is -0.136 e. The van der Waals surface area contributed by atoms with E-state index >= 15 is 0 Å². The fraction of sp³-hybridized carbons (Fsp3) is 0.100. The molecule has 2 aromatic carbocycles. The molecule has 0 aliphatic heterocycles. The zero-order valence-corrected chi connectivity index (χ0v) is 13.2. The second-order valence-corrected chi connectivity index (χ2v) is 6.35. The summed E-state index contributed by atoms with van der Waals surface area (Å²) in [4.78, 5) is 1.31. The highest BCUT2D eigenvalue weighted by molar-refractivity contribution is 7.20. The molecular formula is C20H18S.